The first-order chi connectivity index (χ1) is 10.9. The zero-order valence-corrected chi connectivity index (χ0v) is 14.4. The Kier molecular flexibility index (Phi) is 3.94. The number of hydrogen-bond donors (Lipinski definition) is 0. The van der Waals surface area contributed by atoms with Crippen molar-refractivity contribution >= 4 is 12.2 Å². The fourth-order valence-electron chi connectivity index (χ4n) is 2.74. The molecule has 0 aliphatic carbocycles. The zero-order valence-electron chi connectivity index (χ0n) is 14.4. The molecule has 0 bridgehead atoms. The van der Waals surface area contributed by atoms with E-state index in [0.717, 1.165) is 33.8 Å². The summed E-state index contributed by atoms with van der Waals surface area (Å²) in [5.41, 5.74) is 5.20. The number of ether oxygens (including phenoxy) is 2. The molecule has 4 heteroatoms. The third kappa shape index (κ3) is 3.27. The van der Waals surface area contributed by atoms with Crippen LogP contribution in [0.5, 0.6) is 5.75 Å². The molecule has 2 aromatic heterocycles. The molecule has 23 heavy (non-hydrogen) atoms. The van der Waals surface area contributed by atoms with E-state index < -0.39 is 5.79 Å². The van der Waals surface area contributed by atoms with Gasteiger partial charge in [-0.3, -0.25) is 0 Å². The highest BCUT2D eigenvalue weighted by Gasteiger charge is 2.30. The zero-order chi connectivity index (χ0) is 16.6. The topological polar surface area (TPSA) is 35.2 Å². The van der Waals surface area contributed by atoms with Crippen molar-refractivity contribution in [3.63, 3.8) is 0 Å². The third-order valence-corrected chi connectivity index (χ3v) is 4.04. The van der Waals surface area contributed by atoms with E-state index in [2.05, 4.69) is 31.3 Å². The van der Waals surface area contributed by atoms with Gasteiger partial charge in [0.15, 0.2) is 12.4 Å². The van der Waals surface area contributed by atoms with Gasteiger partial charge in [0.05, 0.1) is 18.0 Å². The van der Waals surface area contributed by atoms with E-state index in [0.29, 0.717) is 6.61 Å². The molecule has 0 saturated heterocycles. The predicted octanol–water partition coefficient (Wildman–Crippen LogP) is 3.34. The van der Waals surface area contributed by atoms with Crippen molar-refractivity contribution in [1.82, 2.24) is 4.98 Å². The molecule has 0 saturated carbocycles. The number of fused-ring (bicyclic) bond motifs is 1. The van der Waals surface area contributed by atoms with E-state index >= 15 is 0 Å². The molecule has 1 aliphatic heterocycles. The molecule has 0 spiro atoms. The lowest BCUT2D eigenvalue weighted by Gasteiger charge is -2.34. The number of aryl methyl sites for hydroxylation is 2. The van der Waals surface area contributed by atoms with Gasteiger partial charge in [-0.1, -0.05) is 0 Å². The highest BCUT2D eigenvalue weighted by Crippen LogP contribution is 2.36. The van der Waals surface area contributed by atoms with E-state index in [1.807, 2.05) is 44.6 Å². The Hall–Kier alpha value is -2.20. The molecule has 2 aromatic rings. The molecular weight excluding hydrogens is 288 g/mol. The Balaban J connectivity index is 1.97. The quantitative estimate of drug-likeness (QED) is 0.798. The largest absolute Gasteiger partial charge is 0.461 e. The van der Waals surface area contributed by atoms with E-state index in [1.165, 1.54) is 0 Å². The Morgan fingerprint density at radius 1 is 1.26 bits per heavy atom. The summed E-state index contributed by atoms with van der Waals surface area (Å²) in [5.74, 6) is 0.268. The van der Waals surface area contributed by atoms with Crippen molar-refractivity contribution in [2.45, 2.75) is 40.1 Å². The molecule has 3 heterocycles. The van der Waals surface area contributed by atoms with Crippen LogP contribution in [0.4, 0.5) is 0 Å². The first kappa shape index (κ1) is 15.7. The number of pyridine rings is 2. The number of rotatable bonds is 2. The first-order valence-electron chi connectivity index (χ1n) is 7.82. The van der Waals surface area contributed by atoms with Gasteiger partial charge in [0.1, 0.15) is 12.8 Å². The fraction of sp³-hybridized carbons (Fsp3) is 0.368. The minimum Gasteiger partial charge on any atom is -0.461 e. The summed E-state index contributed by atoms with van der Waals surface area (Å²) in [4.78, 5) is 4.71. The monoisotopic (exact) mass is 311 g/mol. The summed E-state index contributed by atoms with van der Waals surface area (Å²) in [6.07, 6.45) is 8.22. The maximum atomic E-state index is 5.95. The third-order valence-electron chi connectivity index (χ3n) is 4.04. The van der Waals surface area contributed by atoms with Crippen LogP contribution < -0.4 is 9.30 Å². The highest BCUT2D eigenvalue weighted by atomic mass is 16.7. The minimum absolute atomic E-state index is 0.554. The van der Waals surface area contributed by atoms with Gasteiger partial charge in [-0.2, -0.15) is 0 Å². The maximum Gasteiger partial charge on any atom is 0.205 e. The summed E-state index contributed by atoms with van der Waals surface area (Å²) in [5, 5.41) is 0. The van der Waals surface area contributed by atoms with Crippen molar-refractivity contribution in [2.75, 3.05) is 0 Å². The summed E-state index contributed by atoms with van der Waals surface area (Å²) in [6, 6.07) is 4.10. The van der Waals surface area contributed by atoms with E-state index in [4.69, 9.17) is 14.5 Å². The fourth-order valence-corrected chi connectivity index (χ4v) is 2.74. The molecule has 0 radical (unpaired) electrons. The van der Waals surface area contributed by atoms with Crippen molar-refractivity contribution < 1.29 is 14.0 Å². The van der Waals surface area contributed by atoms with Crippen molar-refractivity contribution in [2.24, 2.45) is 7.05 Å². The van der Waals surface area contributed by atoms with E-state index in [1.54, 1.807) is 0 Å². The molecule has 0 amide bonds. The van der Waals surface area contributed by atoms with Gasteiger partial charge in [-0.05, 0) is 37.6 Å². The van der Waals surface area contributed by atoms with Crippen LogP contribution in [0.2, 0.25) is 0 Å². The standard InChI is InChI=1S/C19H23N2O2/c1-13-16-12-22-19(3,4)23-18(16)14(2)20-17(13)9-8-15-7-6-10-21(5)11-15/h6-11H,12H2,1-5H3/q+1/b9-8+. The average molecular weight is 311 g/mol. The van der Waals surface area contributed by atoms with Gasteiger partial charge < -0.3 is 9.47 Å². The molecule has 3 rings (SSSR count). The van der Waals surface area contributed by atoms with Crippen LogP contribution >= 0.6 is 0 Å². The van der Waals surface area contributed by atoms with Gasteiger partial charge in [-0.15, -0.1) is 0 Å². The van der Waals surface area contributed by atoms with Crippen LogP contribution in [0.1, 0.15) is 41.9 Å². The second kappa shape index (κ2) is 5.78. The molecule has 0 atom stereocenters. The smallest absolute Gasteiger partial charge is 0.205 e. The predicted molar refractivity (Wildman–Crippen MR) is 89.8 cm³/mol. The highest BCUT2D eigenvalue weighted by molar-refractivity contribution is 5.70. The summed E-state index contributed by atoms with van der Waals surface area (Å²) >= 11 is 0. The molecule has 120 valence electrons. The summed E-state index contributed by atoms with van der Waals surface area (Å²) < 4.78 is 13.8. The second-order valence-corrected chi connectivity index (χ2v) is 6.44. The second-order valence-electron chi connectivity index (χ2n) is 6.44. The lowest BCUT2D eigenvalue weighted by atomic mass is 10.0. The summed E-state index contributed by atoms with van der Waals surface area (Å²) in [7, 11) is 2.01. The molecular formula is C19H23N2O2+. The Morgan fingerprint density at radius 3 is 2.78 bits per heavy atom. The van der Waals surface area contributed by atoms with Gasteiger partial charge in [0.2, 0.25) is 5.79 Å². The van der Waals surface area contributed by atoms with Crippen LogP contribution in [-0.2, 0) is 18.4 Å². The van der Waals surface area contributed by atoms with Crippen LogP contribution in [-0.4, -0.2) is 10.8 Å². The van der Waals surface area contributed by atoms with Gasteiger partial charge in [0.25, 0.3) is 0 Å². The minimum atomic E-state index is -0.595. The van der Waals surface area contributed by atoms with Gasteiger partial charge >= 0.3 is 0 Å². The van der Waals surface area contributed by atoms with E-state index in [9.17, 15) is 0 Å². The number of aromatic nitrogens is 2. The molecule has 0 N–H and O–H groups in total. The molecule has 4 nitrogen and oxygen atoms in total. The SMILES string of the molecule is Cc1nc(/C=C/c2ccc[n+](C)c2)c(C)c2c1OC(C)(C)OC2. The Bertz CT molecular complexity index is 779. The average Bonchev–Trinajstić information content (AvgIpc) is 2.49. The Morgan fingerprint density at radius 2 is 2.04 bits per heavy atom. The number of nitrogens with zero attached hydrogens (tertiary/aromatic N) is 2. The van der Waals surface area contributed by atoms with Crippen LogP contribution in [0.3, 0.4) is 0 Å². The van der Waals surface area contributed by atoms with Gasteiger partial charge in [0, 0.05) is 31.0 Å². The van der Waals surface area contributed by atoms with Crippen LogP contribution in [0.25, 0.3) is 12.2 Å². The van der Waals surface area contributed by atoms with Crippen LogP contribution in [0.15, 0.2) is 24.5 Å². The summed E-state index contributed by atoms with van der Waals surface area (Å²) in [6.45, 7) is 8.46. The molecule has 1 aliphatic rings. The lowest BCUT2D eigenvalue weighted by Crippen LogP contribution is -2.36. The van der Waals surface area contributed by atoms with Crippen molar-refractivity contribution in [1.29, 1.82) is 0 Å². The Labute approximate surface area is 137 Å². The van der Waals surface area contributed by atoms with Crippen LogP contribution in [0, 0.1) is 13.8 Å². The molecule has 0 aromatic carbocycles. The van der Waals surface area contributed by atoms with Gasteiger partial charge in [-0.25, -0.2) is 9.55 Å². The van der Waals surface area contributed by atoms with Crippen molar-refractivity contribution in [3.05, 3.63) is 52.6 Å². The number of hydrogen-bond acceptors (Lipinski definition) is 3. The van der Waals surface area contributed by atoms with E-state index in [-0.39, 0.29) is 0 Å². The first-order valence-corrected chi connectivity index (χ1v) is 7.82. The molecule has 0 fully saturated rings. The molecule has 0 unspecified atom stereocenters. The lowest BCUT2D eigenvalue weighted by molar-refractivity contribution is -0.671. The van der Waals surface area contributed by atoms with Crippen molar-refractivity contribution in [3.8, 4) is 5.75 Å². The maximum absolute atomic E-state index is 5.95. The normalized spacial score (nSPS) is 16.2.